The number of benzene rings is 1. The minimum absolute atomic E-state index is 0.00755. The van der Waals surface area contributed by atoms with Crippen molar-refractivity contribution < 1.29 is 18.0 Å². The summed E-state index contributed by atoms with van der Waals surface area (Å²) in [5.74, 6) is -0.523. The second-order valence-electron chi connectivity index (χ2n) is 4.16. The molecule has 20 heavy (non-hydrogen) atoms. The van der Waals surface area contributed by atoms with Crippen molar-refractivity contribution in [3.63, 3.8) is 0 Å². The fraction of sp³-hybridized carbons (Fsp3) is 0.250. The molecule has 1 heterocycles. The summed E-state index contributed by atoms with van der Waals surface area (Å²) in [5, 5.41) is 8.33. The van der Waals surface area contributed by atoms with E-state index in [9.17, 15) is 18.0 Å². The number of hydrogen-bond donors (Lipinski definition) is 2. The van der Waals surface area contributed by atoms with Gasteiger partial charge in [-0.15, -0.1) is 0 Å². The van der Waals surface area contributed by atoms with Crippen molar-refractivity contribution in [2.75, 3.05) is 0 Å². The number of aryl methyl sites for hydroxylation is 1. The predicted molar refractivity (Wildman–Crippen MR) is 63.7 cm³/mol. The molecule has 0 fully saturated rings. The Morgan fingerprint density at radius 3 is 2.75 bits per heavy atom. The van der Waals surface area contributed by atoms with Crippen molar-refractivity contribution in [3.05, 3.63) is 47.0 Å². The quantitative estimate of drug-likeness (QED) is 0.906. The Balaban J connectivity index is 2.09. The normalized spacial score (nSPS) is 11.4. The molecule has 2 N–H and O–H groups in total. The van der Waals surface area contributed by atoms with Crippen LogP contribution in [0.4, 0.5) is 13.2 Å². The number of hydrogen-bond acceptors (Lipinski definition) is 3. The largest absolute Gasteiger partial charge is 0.416 e. The highest BCUT2D eigenvalue weighted by atomic mass is 19.4. The van der Waals surface area contributed by atoms with Crippen LogP contribution in [0.25, 0.3) is 0 Å². The van der Waals surface area contributed by atoms with Gasteiger partial charge in [0.15, 0.2) is 0 Å². The number of aromatic nitrogens is 3. The minimum Gasteiger partial charge on any atom is -0.345 e. The lowest BCUT2D eigenvalue weighted by molar-refractivity contribution is -0.138. The van der Waals surface area contributed by atoms with Crippen LogP contribution < -0.4 is 5.32 Å². The van der Waals surface area contributed by atoms with E-state index in [2.05, 4.69) is 20.5 Å². The Labute approximate surface area is 112 Å². The molecule has 1 aromatic carbocycles. The summed E-state index contributed by atoms with van der Waals surface area (Å²) in [4.78, 5) is 15.2. The molecule has 2 rings (SSSR count). The summed E-state index contributed by atoms with van der Waals surface area (Å²) in [6, 6.07) is 3.93. The highest BCUT2D eigenvalue weighted by Gasteiger charge is 2.32. The lowest BCUT2D eigenvalue weighted by Crippen LogP contribution is -2.24. The predicted octanol–water partition coefficient (Wildman–Crippen LogP) is 2.06. The number of rotatable bonds is 3. The van der Waals surface area contributed by atoms with Crippen molar-refractivity contribution in [1.29, 1.82) is 0 Å². The van der Waals surface area contributed by atoms with E-state index < -0.39 is 17.6 Å². The van der Waals surface area contributed by atoms with Gasteiger partial charge in [0.2, 0.25) is 5.82 Å². The number of aromatic amines is 1. The Morgan fingerprint density at radius 1 is 1.40 bits per heavy atom. The van der Waals surface area contributed by atoms with Gasteiger partial charge >= 0.3 is 6.18 Å². The summed E-state index contributed by atoms with van der Waals surface area (Å²) >= 11 is 0. The highest BCUT2D eigenvalue weighted by Crippen LogP contribution is 2.32. The van der Waals surface area contributed by atoms with Crippen LogP contribution in [0.15, 0.2) is 24.5 Å². The second-order valence-corrected chi connectivity index (χ2v) is 4.16. The SMILES string of the molecule is Cc1ccc(CNC(=O)c2ncn[nH]2)cc1C(F)(F)F. The summed E-state index contributed by atoms with van der Waals surface area (Å²) < 4.78 is 38.2. The Hall–Kier alpha value is -2.38. The molecule has 0 bridgehead atoms. The molecule has 0 aliphatic rings. The van der Waals surface area contributed by atoms with E-state index in [4.69, 9.17) is 0 Å². The summed E-state index contributed by atoms with van der Waals surface area (Å²) in [7, 11) is 0. The van der Waals surface area contributed by atoms with Gasteiger partial charge in [0, 0.05) is 6.54 Å². The van der Waals surface area contributed by atoms with E-state index in [-0.39, 0.29) is 17.9 Å². The maximum absolute atomic E-state index is 12.7. The molecular weight excluding hydrogens is 273 g/mol. The van der Waals surface area contributed by atoms with Gasteiger partial charge in [-0.25, -0.2) is 4.98 Å². The number of alkyl halides is 3. The third kappa shape index (κ3) is 3.14. The lowest BCUT2D eigenvalue weighted by Gasteiger charge is -2.12. The number of carbonyl (C=O) groups is 1. The van der Waals surface area contributed by atoms with Gasteiger partial charge < -0.3 is 5.32 Å². The zero-order valence-electron chi connectivity index (χ0n) is 10.5. The average Bonchev–Trinajstić information content (AvgIpc) is 2.90. The maximum atomic E-state index is 12.7. The van der Waals surface area contributed by atoms with Crippen molar-refractivity contribution in [1.82, 2.24) is 20.5 Å². The molecule has 0 radical (unpaired) electrons. The van der Waals surface area contributed by atoms with Gasteiger partial charge in [0.1, 0.15) is 6.33 Å². The first-order valence-electron chi connectivity index (χ1n) is 5.68. The van der Waals surface area contributed by atoms with E-state index in [1.807, 2.05) is 0 Å². The first-order chi connectivity index (χ1) is 9.38. The summed E-state index contributed by atoms with van der Waals surface area (Å²) in [6.45, 7) is 1.36. The molecule has 0 aliphatic heterocycles. The van der Waals surface area contributed by atoms with Gasteiger partial charge in [-0.2, -0.15) is 18.3 Å². The molecule has 5 nitrogen and oxygen atoms in total. The number of nitrogens with one attached hydrogen (secondary N) is 2. The third-order valence-corrected chi connectivity index (χ3v) is 2.69. The number of nitrogens with zero attached hydrogens (tertiary/aromatic N) is 2. The molecule has 0 atom stereocenters. The molecule has 0 spiro atoms. The topological polar surface area (TPSA) is 70.7 Å². The monoisotopic (exact) mass is 284 g/mol. The molecule has 0 saturated carbocycles. The molecule has 0 saturated heterocycles. The standard InChI is InChI=1S/C12H11F3N4O/c1-7-2-3-8(4-9(7)12(13,14)15)5-16-11(20)10-17-6-18-19-10/h2-4,6H,5H2,1H3,(H,16,20)(H,17,18,19). The van der Waals surface area contributed by atoms with Gasteiger partial charge in [0.05, 0.1) is 5.56 Å². The van der Waals surface area contributed by atoms with Crippen molar-refractivity contribution >= 4 is 5.91 Å². The van der Waals surface area contributed by atoms with Crippen LogP contribution in [-0.2, 0) is 12.7 Å². The molecule has 8 heteroatoms. The molecule has 0 aliphatic carbocycles. The summed E-state index contributed by atoms with van der Waals surface area (Å²) in [6.07, 6.45) is -3.24. The van der Waals surface area contributed by atoms with Gasteiger partial charge in [0.25, 0.3) is 5.91 Å². The molecule has 1 amide bonds. The molecule has 0 unspecified atom stereocenters. The number of amides is 1. The van der Waals surface area contributed by atoms with Gasteiger partial charge in [-0.3, -0.25) is 9.89 Å². The Bertz CT molecular complexity index is 608. The summed E-state index contributed by atoms with van der Waals surface area (Å²) in [5.41, 5.74) is -0.206. The Morgan fingerprint density at radius 2 is 2.15 bits per heavy atom. The number of halogens is 3. The highest BCUT2D eigenvalue weighted by molar-refractivity contribution is 5.90. The van der Waals surface area contributed by atoms with Crippen molar-refractivity contribution in [2.24, 2.45) is 0 Å². The van der Waals surface area contributed by atoms with E-state index in [0.29, 0.717) is 5.56 Å². The molecule has 1 aromatic heterocycles. The third-order valence-electron chi connectivity index (χ3n) is 2.69. The maximum Gasteiger partial charge on any atom is 0.416 e. The van der Waals surface area contributed by atoms with E-state index >= 15 is 0 Å². The molecular formula is C12H11F3N4O. The van der Waals surface area contributed by atoms with E-state index in [0.717, 1.165) is 6.07 Å². The number of H-pyrrole nitrogens is 1. The smallest absolute Gasteiger partial charge is 0.345 e. The molecule has 106 valence electrons. The second kappa shape index (κ2) is 5.32. The van der Waals surface area contributed by atoms with Gasteiger partial charge in [-0.1, -0.05) is 12.1 Å². The fourth-order valence-electron chi connectivity index (χ4n) is 1.67. The zero-order chi connectivity index (χ0) is 14.8. The Kier molecular flexibility index (Phi) is 3.73. The van der Waals surface area contributed by atoms with Gasteiger partial charge in [-0.05, 0) is 24.1 Å². The first-order valence-corrected chi connectivity index (χ1v) is 5.68. The number of carbonyl (C=O) groups excluding carboxylic acids is 1. The van der Waals surface area contributed by atoms with E-state index in [1.165, 1.54) is 25.4 Å². The fourth-order valence-corrected chi connectivity index (χ4v) is 1.67. The van der Waals surface area contributed by atoms with Crippen LogP contribution in [0.2, 0.25) is 0 Å². The average molecular weight is 284 g/mol. The van der Waals surface area contributed by atoms with Crippen LogP contribution in [0, 0.1) is 6.92 Å². The van der Waals surface area contributed by atoms with Crippen LogP contribution in [-0.4, -0.2) is 21.1 Å². The van der Waals surface area contributed by atoms with E-state index in [1.54, 1.807) is 0 Å². The lowest BCUT2D eigenvalue weighted by atomic mass is 10.0. The molecule has 2 aromatic rings. The van der Waals surface area contributed by atoms with Crippen LogP contribution in [0.1, 0.15) is 27.3 Å². The zero-order valence-corrected chi connectivity index (χ0v) is 10.5. The first kappa shape index (κ1) is 14.0. The minimum atomic E-state index is -4.41. The van der Waals surface area contributed by atoms with Crippen molar-refractivity contribution in [3.8, 4) is 0 Å². The van der Waals surface area contributed by atoms with Crippen LogP contribution >= 0.6 is 0 Å². The van der Waals surface area contributed by atoms with Crippen LogP contribution in [0.5, 0.6) is 0 Å². The van der Waals surface area contributed by atoms with Crippen molar-refractivity contribution in [2.45, 2.75) is 19.6 Å². The van der Waals surface area contributed by atoms with Crippen LogP contribution in [0.3, 0.4) is 0 Å².